The van der Waals surface area contributed by atoms with Crippen LogP contribution in [0, 0.1) is 5.92 Å². The summed E-state index contributed by atoms with van der Waals surface area (Å²) in [6, 6.07) is 13.8. The molecule has 3 aromatic carbocycles. The van der Waals surface area contributed by atoms with Crippen molar-refractivity contribution in [1.29, 1.82) is 0 Å². The maximum Gasteiger partial charge on any atom is 0.325 e. The molecule has 6 aromatic rings. The molecular formula is C81H107ClN18O15. The van der Waals surface area contributed by atoms with Gasteiger partial charge in [0.25, 0.3) is 11.8 Å². The number of aromatic nitrogens is 4. The fourth-order valence-electron chi connectivity index (χ4n) is 13.0. The molecule has 3 aromatic heterocycles. The first-order valence-electron chi connectivity index (χ1n) is 38.8. The maximum absolute atomic E-state index is 15.2. The number of carboxylic acids is 1. The number of pyridine rings is 2. The molecule has 115 heavy (non-hydrogen) atoms. The van der Waals surface area contributed by atoms with E-state index in [1.165, 1.54) is 55.8 Å². The first kappa shape index (κ1) is 90.6. The second-order valence-electron chi connectivity index (χ2n) is 29.1. The average molecular weight is 1610 g/mol. The number of rotatable bonds is 46. The van der Waals surface area contributed by atoms with Crippen molar-refractivity contribution < 1.29 is 72.5 Å². The van der Waals surface area contributed by atoms with E-state index in [4.69, 9.17) is 17.3 Å². The van der Waals surface area contributed by atoms with Crippen LogP contribution in [-0.2, 0) is 72.0 Å². The lowest BCUT2D eigenvalue weighted by atomic mass is 9.99. The van der Waals surface area contributed by atoms with Gasteiger partial charge in [-0.1, -0.05) is 106 Å². The van der Waals surface area contributed by atoms with Gasteiger partial charge in [-0.2, -0.15) is 0 Å². The molecule has 618 valence electrons. The number of benzene rings is 3. The van der Waals surface area contributed by atoms with Crippen LogP contribution in [0.25, 0.3) is 10.8 Å². The Balaban J connectivity index is 1.16. The number of nitrogens with two attached hydrogens (primary N) is 1. The normalized spacial score (nSPS) is 14.9. The zero-order valence-corrected chi connectivity index (χ0v) is 66.3. The predicted octanol–water partition coefficient (Wildman–Crippen LogP) is 2.57. The van der Waals surface area contributed by atoms with Crippen molar-refractivity contribution in [3.63, 3.8) is 0 Å². The summed E-state index contributed by atoms with van der Waals surface area (Å²) >= 11 is 6.26. The lowest BCUT2D eigenvalue weighted by Gasteiger charge is -2.31. The SMILES string of the molecule is CC(=O)N[C@@H](Cc1ccc2ccccc2c1)C(=O)N[C@@H](Cc1ccc(Cl)cc1)C(=O)N[C@@H](Cc1cccnc1)C(=O)N[C@@H](CO)C(=O)N[C@@H](CCCCNC(=O)c1ccccn1)C(=O)N[C@@H](CCCCNC(=O)c1nccnc1N)C(=O)N[C@@H](CC(C)C)C(=O)N[C@@H](CCCCNC(C)C)C(=O)N1CCC[C@@H]1C(=O)N[C@@H](C)C(=O)O. The van der Waals surface area contributed by atoms with E-state index in [9.17, 15) is 63.0 Å². The maximum atomic E-state index is 15.2. The number of likely N-dealkylation sites (tertiary alicyclic amines) is 1. The summed E-state index contributed by atoms with van der Waals surface area (Å²) in [7, 11) is 0. The number of hydrogen-bond acceptors (Lipinski definition) is 20. The molecule has 1 aliphatic heterocycles. The van der Waals surface area contributed by atoms with Crippen molar-refractivity contribution in [3.8, 4) is 0 Å². The molecule has 1 saturated heterocycles. The zero-order valence-electron chi connectivity index (χ0n) is 65.6. The molecule has 0 bridgehead atoms. The van der Waals surface area contributed by atoms with Gasteiger partial charge in [-0.05, 0) is 154 Å². The fourth-order valence-corrected chi connectivity index (χ4v) is 13.1. The molecule has 0 saturated carbocycles. The monoisotopic (exact) mass is 1610 g/mol. The Kier molecular flexibility index (Phi) is 36.7. The number of carbonyl (C=O) groups excluding carboxylic acids is 12. The number of nitrogen functional groups attached to an aromatic ring is 1. The average Bonchev–Trinajstić information content (AvgIpc) is 1.80. The van der Waals surface area contributed by atoms with Crippen LogP contribution in [-0.4, -0.2) is 211 Å². The highest BCUT2D eigenvalue weighted by molar-refractivity contribution is 6.30. The van der Waals surface area contributed by atoms with E-state index >= 15 is 9.59 Å². The number of amides is 12. The molecule has 4 heterocycles. The summed E-state index contributed by atoms with van der Waals surface area (Å²) in [6.45, 7) is 9.80. The van der Waals surface area contributed by atoms with Gasteiger partial charge in [-0.3, -0.25) is 72.3 Å². The Morgan fingerprint density at radius 2 is 1.03 bits per heavy atom. The molecule has 34 heteroatoms. The van der Waals surface area contributed by atoms with E-state index in [1.54, 1.807) is 62.4 Å². The molecule has 16 N–H and O–H groups in total. The number of carboxylic acid groups (broad SMARTS) is 1. The lowest BCUT2D eigenvalue weighted by molar-refractivity contribution is -0.144. The summed E-state index contributed by atoms with van der Waals surface area (Å²) in [5.74, 6) is -11.0. The molecule has 7 rings (SSSR count). The Hall–Kier alpha value is -11.6. The van der Waals surface area contributed by atoms with E-state index in [2.05, 4.69) is 83.7 Å². The van der Waals surface area contributed by atoms with E-state index in [1.807, 2.05) is 56.3 Å². The number of aliphatic hydroxyl groups excluding tert-OH is 1. The Morgan fingerprint density at radius 3 is 1.62 bits per heavy atom. The molecular weight excluding hydrogens is 1500 g/mol. The first-order valence-corrected chi connectivity index (χ1v) is 39.2. The van der Waals surface area contributed by atoms with Crippen molar-refractivity contribution in [2.45, 2.75) is 204 Å². The molecule has 1 fully saturated rings. The summed E-state index contributed by atoms with van der Waals surface area (Å²) < 4.78 is 0. The smallest absolute Gasteiger partial charge is 0.325 e. The van der Waals surface area contributed by atoms with Crippen LogP contribution in [0.4, 0.5) is 5.82 Å². The lowest BCUT2D eigenvalue weighted by Crippen LogP contribution is -2.61. The number of fused-ring (bicyclic) bond motifs is 1. The Labute approximate surface area is 673 Å². The molecule has 0 radical (unpaired) electrons. The number of unbranched alkanes of at least 4 members (excludes halogenated alkanes) is 3. The number of aliphatic carboxylic acids is 1. The van der Waals surface area contributed by atoms with E-state index in [0.29, 0.717) is 47.5 Å². The van der Waals surface area contributed by atoms with Crippen molar-refractivity contribution in [2.24, 2.45) is 5.92 Å². The molecule has 33 nitrogen and oxygen atoms in total. The Bertz CT molecular complexity index is 4280. The Morgan fingerprint density at radius 1 is 0.513 bits per heavy atom. The van der Waals surface area contributed by atoms with Crippen molar-refractivity contribution >= 4 is 105 Å². The molecule has 10 atom stereocenters. The predicted molar refractivity (Wildman–Crippen MR) is 428 cm³/mol. The van der Waals surface area contributed by atoms with E-state index in [-0.39, 0.29) is 126 Å². The van der Waals surface area contributed by atoms with Crippen LogP contribution < -0.4 is 69.5 Å². The van der Waals surface area contributed by atoms with Gasteiger partial charge in [0, 0.05) is 87.9 Å². The summed E-state index contributed by atoms with van der Waals surface area (Å²) in [6.07, 6.45) is 8.63. The highest BCUT2D eigenvalue weighted by Crippen LogP contribution is 2.23. The number of halogens is 1. The number of nitrogens with one attached hydrogen (secondary N) is 12. The standard InChI is InChI=1S/C81H107ClN18O15/c1-48(2)41-62(73(106)95-61(25-12-13-34-85-49(3)4)80(113)100-40-18-26-67(100)78(111)91-50(5)81(114)115)96-72(105)60(24-11-16-37-90-79(112)68-69(83)88-39-38-87-68)93-71(104)59(23-10-15-36-89-70(103)58-22-9-14-35-86-58)94-77(110)66(47-101)99-76(109)65(45-54-19-17-33-84-46-54)98-75(108)64(43-52-28-31-57(82)32-29-52)97-74(107)63(92-51(6)102)44-53-27-30-55-20-7-8-21-56(55)42-53/h7-9,14,17,19-22,27-33,35,38-39,42,46,48-50,59-67,85,101H,10-13,15-16,18,23-26,34,36-37,40-41,43-45,47H2,1-6H3,(H2,83,88)(H,89,103)(H,90,112)(H,91,111)(H,92,102)(H,93,104)(H,94,110)(H,95,106)(H,96,105)(H,97,107)(H,98,108)(H,99,109)(H,114,115)/t50-,59-,60-,61-,62-,63-,64-,65-,66-,67+/m0/s1. The first-order chi connectivity index (χ1) is 55.1. The number of nitrogens with zero attached hydrogens (tertiary/aromatic N) is 5. The third kappa shape index (κ3) is 30.0. The number of aliphatic hydroxyl groups is 1. The molecule has 12 amide bonds. The minimum atomic E-state index is -1.85. The fraction of sp³-hybridized carbons (Fsp3) is 0.469. The quantitative estimate of drug-likeness (QED) is 0.0244. The molecule has 0 aliphatic carbocycles. The van der Waals surface area contributed by atoms with Gasteiger partial charge < -0.3 is 84.6 Å². The molecule has 0 unspecified atom stereocenters. The van der Waals surface area contributed by atoms with Crippen LogP contribution >= 0.6 is 11.6 Å². The van der Waals surface area contributed by atoms with Gasteiger partial charge in [0.1, 0.15) is 66.1 Å². The van der Waals surface area contributed by atoms with Gasteiger partial charge in [0.05, 0.1) is 6.61 Å². The van der Waals surface area contributed by atoms with E-state index in [0.717, 1.165) is 10.8 Å². The van der Waals surface area contributed by atoms with Gasteiger partial charge in [-0.25, -0.2) is 9.97 Å². The number of hydrogen-bond donors (Lipinski definition) is 15. The van der Waals surface area contributed by atoms with Crippen LogP contribution in [0.15, 0.2) is 128 Å². The zero-order chi connectivity index (χ0) is 83.5. The topological polar surface area (TPSA) is 488 Å². The molecule has 1 aliphatic rings. The number of carbonyl (C=O) groups is 13. The third-order valence-corrected chi connectivity index (χ3v) is 19.3. The summed E-state index contributed by atoms with van der Waals surface area (Å²) in [5, 5.41) is 55.9. The van der Waals surface area contributed by atoms with Gasteiger partial charge in [-0.15, -0.1) is 0 Å². The highest BCUT2D eigenvalue weighted by atomic mass is 35.5. The minimum absolute atomic E-state index is 0.00164. The second kappa shape index (κ2) is 46.6. The summed E-state index contributed by atoms with van der Waals surface area (Å²) in [4.78, 5) is 201. The van der Waals surface area contributed by atoms with Gasteiger partial charge >= 0.3 is 5.97 Å². The van der Waals surface area contributed by atoms with E-state index < -0.39 is 144 Å². The van der Waals surface area contributed by atoms with Crippen LogP contribution in [0.2, 0.25) is 5.02 Å². The van der Waals surface area contributed by atoms with Crippen LogP contribution in [0.3, 0.4) is 0 Å². The minimum Gasteiger partial charge on any atom is -0.480 e. The van der Waals surface area contributed by atoms with Crippen molar-refractivity contribution in [2.75, 3.05) is 38.5 Å². The van der Waals surface area contributed by atoms with Gasteiger partial charge in [0.2, 0.25) is 59.1 Å². The van der Waals surface area contributed by atoms with Crippen molar-refractivity contribution in [3.05, 3.63) is 161 Å². The van der Waals surface area contributed by atoms with Crippen LogP contribution in [0.5, 0.6) is 0 Å². The van der Waals surface area contributed by atoms with Crippen LogP contribution in [0.1, 0.15) is 156 Å². The highest BCUT2D eigenvalue weighted by Gasteiger charge is 2.41. The third-order valence-electron chi connectivity index (χ3n) is 19.1. The number of anilines is 1. The largest absolute Gasteiger partial charge is 0.480 e. The second-order valence-corrected chi connectivity index (χ2v) is 29.6. The summed E-state index contributed by atoms with van der Waals surface area (Å²) in [5.41, 5.74) is 7.59. The van der Waals surface area contributed by atoms with Crippen molar-refractivity contribution in [1.82, 2.24) is 88.6 Å². The van der Waals surface area contributed by atoms with Gasteiger partial charge in [0.15, 0.2) is 11.5 Å². The molecule has 0 spiro atoms.